The summed E-state index contributed by atoms with van der Waals surface area (Å²) in [5.74, 6) is 0.799. The lowest BCUT2D eigenvalue weighted by atomic mass is 10.1. The number of aryl methyl sites for hydroxylation is 1. The molecule has 0 saturated carbocycles. The molecule has 6 heteroatoms. The highest BCUT2D eigenvalue weighted by Gasteiger charge is 2.18. The average Bonchev–Trinajstić information content (AvgIpc) is 3.27. The first-order chi connectivity index (χ1) is 15.1. The largest absolute Gasteiger partial charge is 0.457 e. The van der Waals surface area contributed by atoms with Crippen molar-refractivity contribution in [3.05, 3.63) is 100.0 Å². The maximum atomic E-state index is 13.1. The molecule has 0 fully saturated rings. The predicted molar refractivity (Wildman–Crippen MR) is 116 cm³/mol. The molecular formula is C25H19NO5. The number of benzene rings is 3. The van der Waals surface area contributed by atoms with Crippen molar-refractivity contribution in [2.24, 2.45) is 0 Å². The maximum absolute atomic E-state index is 13.1. The van der Waals surface area contributed by atoms with Crippen molar-refractivity contribution in [3.63, 3.8) is 0 Å². The second kappa shape index (κ2) is 7.65. The first-order valence-electron chi connectivity index (χ1n) is 9.87. The van der Waals surface area contributed by atoms with Crippen LogP contribution in [0, 0.1) is 6.92 Å². The summed E-state index contributed by atoms with van der Waals surface area (Å²) in [7, 11) is 0. The lowest BCUT2D eigenvalue weighted by Crippen LogP contribution is -2.21. The average molecular weight is 413 g/mol. The SMILES string of the molecule is Cc1ccc(-n2cc(C(=O)OCc3ccc4c(c3)OCO4)c3ccccc3c2=O)cc1. The van der Waals surface area contributed by atoms with Gasteiger partial charge in [-0.25, -0.2) is 4.79 Å². The maximum Gasteiger partial charge on any atom is 0.340 e. The van der Waals surface area contributed by atoms with Crippen molar-refractivity contribution in [1.29, 1.82) is 0 Å². The number of fused-ring (bicyclic) bond motifs is 2. The van der Waals surface area contributed by atoms with E-state index in [0.717, 1.165) is 11.1 Å². The van der Waals surface area contributed by atoms with Crippen molar-refractivity contribution >= 4 is 16.7 Å². The minimum Gasteiger partial charge on any atom is -0.457 e. The van der Waals surface area contributed by atoms with E-state index in [0.29, 0.717) is 33.5 Å². The third-order valence-corrected chi connectivity index (χ3v) is 5.26. The molecule has 2 heterocycles. The molecule has 154 valence electrons. The number of esters is 1. The van der Waals surface area contributed by atoms with Gasteiger partial charge < -0.3 is 14.2 Å². The molecule has 0 bridgehead atoms. The second-order valence-corrected chi connectivity index (χ2v) is 7.36. The van der Waals surface area contributed by atoms with E-state index in [1.165, 1.54) is 4.57 Å². The fourth-order valence-corrected chi connectivity index (χ4v) is 3.61. The summed E-state index contributed by atoms with van der Waals surface area (Å²) in [5.41, 5.74) is 2.70. The van der Waals surface area contributed by atoms with Crippen LogP contribution in [0.25, 0.3) is 16.5 Å². The Morgan fingerprint density at radius 1 is 0.968 bits per heavy atom. The van der Waals surface area contributed by atoms with E-state index in [1.807, 2.05) is 37.3 Å². The number of hydrogen-bond acceptors (Lipinski definition) is 5. The van der Waals surface area contributed by atoms with Crippen LogP contribution in [-0.2, 0) is 11.3 Å². The van der Waals surface area contributed by atoms with Crippen molar-refractivity contribution in [2.75, 3.05) is 6.79 Å². The number of hydrogen-bond donors (Lipinski definition) is 0. The van der Waals surface area contributed by atoms with Crippen LogP contribution in [0.1, 0.15) is 21.5 Å². The number of nitrogens with zero attached hydrogens (tertiary/aromatic N) is 1. The third-order valence-electron chi connectivity index (χ3n) is 5.26. The first-order valence-corrected chi connectivity index (χ1v) is 9.87. The van der Waals surface area contributed by atoms with E-state index in [2.05, 4.69) is 0 Å². The number of rotatable bonds is 4. The van der Waals surface area contributed by atoms with Crippen LogP contribution in [0.2, 0.25) is 0 Å². The van der Waals surface area contributed by atoms with Gasteiger partial charge in [0.15, 0.2) is 11.5 Å². The lowest BCUT2D eigenvalue weighted by Gasteiger charge is -2.13. The zero-order valence-electron chi connectivity index (χ0n) is 16.8. The van der Waals surface area contributed by atoms with Crippen molar-refractivity contribution in [1.82, 2.24) is 4.57 Å². The van der Waals surface area contributed by atoms with Gasteiger partial charge in [0.2, 0.25) is 6.79 Å². The van der Waals surface area contributed by atoms with E-state index < -0.39 is 5.97 Å². The van der Waals surface area contributed by atoms with Crippen molar-refractivity contribution < 1.29 is 19.0 Å². The first kappa shape index (κ1) is 18.9. The molecule has 0 aliphatic carbocycles. The van der Waals surface area contributed by atoms with Gasteiger partial charge in [-0.2, -0.15) is 0 Å². The highest BCUT2D eigenvalue weighted by molar-refractivity contribution is 6.04. The Balaban J connectivity index is 1.51. The minimum absolute atomic E-state index is 0.0768. The predicted octanol–water partition coefficient (Wildman–Crippen LogP) is 4.38. The zero-order valence-corrected chi connectivity index (χ0v) is 16.8. The molecule has 4 aromatic rings. The van der Waals surface area contributed by atoms with Crippen LogP contribution in [0.5, 0.6) is 11.5 Å². The minimum atomic E-state index is -0.505. The van der Waals surface area contributed by atoms with Crippen LogP contribution >= 0.6 is 0 Å². The molecule has 0 N–H and O–H groups in total. The number of pyridine rings is 1. The zero-order chi connectivity index (χ0) is 21.4. The molecule has 1 aliphatic heterocycles. The Hall–Kier alpha value is -4.06. The fraction of sp³-hybridized carbons (Fsp3) is 0.120. The highest BCUT2D eigenvalue weighted by Crippen LogP contribution is 2.32. The molecule has 31 heavy (non-hydrogen) atoms. The Bertz CT molecular complexity index is 1350. The highest BCUT2D eigenvalue weighted by atomic mass is 16.7. The molecule has 3 aromatic carbocycles. The molecule has 1 aromatic heterocycles. The molecule has 0 unspecified atom stereocenters. The van der Waals surface area contributed by atoms with Crippen LogP contribution in [0.4, 0.5) is 0 Å². The van der Waals surface area contributed by atoms with E-state index in [4.69, 9.17) is 14.2 Å². The van der Waals surface area contributed by atoms with Gasteiger partial charge in [0, 0.05) is 22.7 Å². The van der Waals surface area contributed by atoms with Crippen molar-refractivity contribution in [3.8, 4) is 17.2 Å². The Labute approximate surface area is 178 Å². The summed E-state index contributed by atoms with van der Waals surface area (Å²) in [6.45, 7) is 2.24. The van der Waals surface area contributed by atoms with Gasteiger partial charge >= 0.3 is 5.97 Å². The van der Waals surface area contributed by atoms with Crippen LogP contribution in [0.15, 0.2) is 77.7 Å². The summed E-state index contributed by atoms with van der Waals surface area (Å²) in [6, 6.07) is 20.0. The number of carbonyl (C=O) groups excluding carboxylic acids is 1. The van der Waals surface area contributed by atoms with E-state index in [-0.39, 0.29) is 19.0 Å². The number of ether oxygens (including phenoxy) is 3. The molecule has 5 rings (SSSR count). The standard InChI is InChI=1S/C25H19NO5/c1-16-6-9-18(10-7-16)26-13-21(19-4-2-3-5-20(19)24(26)27)25(28)29-14-17-8-11-22-23(12-17)31-15-30-22/h2-13H,14-15H2,1H3. The van der Waals surface area contributed by atoms with Crippen LogP contribution < -0.4 is 15.0 Å². The van der Waals surface area contributed by atoms with E-state index >= 15 is 0 Å². The second-order valence-electron chi connectivity index (χ2n) is 7.36. The molecule has 0 radical (unpaired) electrons. The molecule has 0 atom stereocenters. The summed E-state index contributed by atoms with van der Waals surface area (Å²) in [5, 5.41) is 1.02. The normalized spacial score (nSPS) is 12.2. The third kappa shape index (κ3) is 3.53. The topological polar surface area (TPSA) is 66.8 Å². The fourth-order valence-electron chi connectivity index (χ4n) is 3.61. The van der Waals surface area contributed by atoms with Gasteiger partial charge in [0.1, 0.15) is 6.61 Å². The van der Waals surface area contributed by atoms with Crippen LogP contribution in [0.3, 0.4) is 0 Å². The smallest absolute Gasteiger partial charge is 0.340 e. The summed E-state index contributed by atoms with van der Waals surface area (Å²) in [6.07, 6.45) is 1.55. The molecule has 0 saturated heterocycles. The molecule has 0 spiro atoms. The summed E-state index contributed by atoms with van der Waals surface area (Å²) in [4.78, 5) is 26.1. The van der Waals surface area contributed by atoms with E-state index in [9.17, 15) is 9.59 Å². The van der Waals surface area contributed by atoms with Crippen molar-refractivity contribution in [2.45, 2.75) is 13.5 Å². The number of carbonyl (C=O) groups is 1. The number of aromatic nitrogens is 1. The lowest BCUT2D eigenvalue weighted by molar-refractivity contribution is 0.0474. The quantitative estimate of drug-likeness (QED) is 0.465. The van der Waals surface area contributed by atoms with Gasteiger partial charge in [-0.05, 0) is 42.8 Å². The Kier molecular flexibility index (Phi) is 4.67. The Morgan fingerprint density at radius 3 is 2.52 bits per heavy atom. The van der Waals surface area contributed by atoms with Crippen LogP contribution in [-0.4, -0.2) is 17.3 Å². The molecule has 6 nitrogen and oxygen atoms in total. The molecule has 0 amide bonds. The monoisotopic (exact) mass is 413 g/mol. The van der Waals surface area contributed by atoms with Gasteiger partial charge in [0.05, 0.1) is 5.56 Å². The van der Waals surface area contributed by atoms with Gasteiger partial charge in [-0.3, -0.25) is 9.36 Å². The molecular weight excluding hydrogens is 394 g/mol. The Morgan fingerprint density at radius 2 is 1.71 bits per heavy atom. The molecule has 1 aliphatic rings. The van der Waals surface area contributed by atoms with E-state index in [1.54, 1.807) is 42.6 Å². The summed E-state index contributed by atoms with van der Waals surface area (Å²) < 4.78 is 17.7. The van der Waals surface area contributed by atoms with Gasteiger partial charge in [-0.1, -0.05) is 42.0 Å². The van der Waals surface area contributed by atoms with Gasteiger partial charge in [-0.15, -0.1) is 0 Å². The van der Waals surface area contributed by atoms with Gasteiger partial charge in [0.25, 0.3) is 5.56 Å². The summed E-state index contributed by atoms with van der Waals surface area (Å²) >= 11 is 0.